The second-order valence-electron chi connectivity index (χ2n) is 4.64. The summed E-state index contributed by atoms with van der Waals surface area (Å²) in [6, 6.07) is 8.03. The smallest absolute Gasteiger partial charge is 0.229 e. The number of ether oxygens (including phenoxy) is 1. The molecule has 0 aliphatic carbocycles. The Balaban J connectivity index is 1.87. The van der Waals surface area contributed by atoms with Crippen molar-refractivity contribution in [3.05, 3.63) is 35.1 Å². The van der Waals surface area contributed by atoms with Gasteiger partial charge >= 0.3 is 0 Å². The third-order valence-corrected chi connectivity index (χ3v) is 3.00. The fraction of sp³-hybridized carbons (Fsp3) is 0.357. The molecule has 3 N–H and O–H groups in total. The normalized spacial score (nSPS) is 12.0. The number of anilines is 2. The van der Waals surface area contributed by atoms with E-state index >= 15 is 0 Å². The molecule has 0 radical (unpaired) electrons. The van der Waals surface area contributed by atoms with Crippen LogP contribution in [-0.4, -0.2) is 27.6 Å². The molecule has 1 heterocycles. The average Bonchev–Trinajstić information content (AvgIpc) is 2.44. The van der Waals surface area contributed by atoms with E-state index in [1.165, 1.54) is 5.56 Å². The summed E-state index contributed by atoms with van der Waals surface area (Å²) in [5.74, 6) is 1.25. The molecule has 0 saturated carbocycles. The van der Waals surface area contributed by atoms with Crippen LogP contribution >= 0.6 is 11.6 Å². The highest BCUT2D eigenvalue weighted by Gasteiger charge is 2.07. The molecule has 112 valence electrons. The molecule has 2 aromatic rings. The lowest BCUT2D eigenvalue weighted by Gasteiger charge is -2.15. The summed E-state index contributed by atoms with van der Waals surface area (Å²) in [5.41, 5.74) is 6.79. The third kappa shape index (κ3) is 4.75. The van der Waals surface area contributed by atoms with Gasteiger partial charge in [-0.3, -0.25) is 0 Å². The molecule has 0 amide bonds. The van der Waals surface area contributed by atoms with Gasteiger partial charge in [0.2, 0.25) is 17.2 Å². The predicted octanol–water partition coefficient (Wildman–Crippen LogP) is 2.55. The number of nitrogens with one attached hydrogen (secondary N) is 1. The van der Waals surface area contributed by atoms with E-state index in [1.807, 2.05) is 19.1 Å². The molecule has 0 spiro atoms. The number of aryl methyl sites for hydroxylation is 1. The number of aromatic nitrogens is 3. The van der Waals surface area contributed by atoms with Crippen LogP contribution in [0.5, 0.6) is 5.75 Å². The second kappa shape index (κ2) is 7.08. The molecule has 0 fully saturated rings. The number of nitrogens with zero attached hydrogens (tertiary/aromatic N) is 3. The lowest BCUT2D eigenvalue weighted by molar-refractivity contribution is 0.303. The topological polar surface area (TPSA) is 86.0 Å². The summed E-state index contributed by atoms with van der Waals surface area (Å²) >= 11 is 5.72. The van der Waals surface area contributed by atoms with E-state index in [4.69, 9.17) is 22.1 Å². The van der Waals surface area contributed by atoms with Gasteiger partial charge in [0.25, 0.3) is 0 Å². The van der Waals surface area contributed by atoms with Gasteiger partial charge in [-0.2, -0.15) is 15.0 Å². The van der Waals surface area contributed by atoms with Crippen LogP contribution in [0.25, 0.3) is 0 Å². The van der Waals surface area contributed by atoms with Gasteiger partial charge < -0.3 is 15.8 Å². The minimum atomic E-state index is -0.00582. The minimum absolute atomic E-state index is 0.00582. The zero-order valence-electron chi connectivity index (χ0n) is 12.0. The van der Waals surface area contributed by atoms with E-state index in [2.05, 4.69) is 39.3 Å². The zero-order chi connectivity index (χ0) is 15.2. The number of nitrogen functional groups attached to an aromatic ring is 1. The van der Waals surface area contributed by atoms with Crippen LogP contribution in [0.2, 0.25) is 5.28 Å². The Labute approximate surface area is 128 Å². The molecule has 0 bridgehead atoms. The van der Waals surface area contributed by atoms with E-state index in [-0.39, 0.29) is 17.3 Å². The van der Waals surface area contributed by atoms with Crippen molar-refractivity contribution in [2.24, 2.45) is 0 Å². The van der Waals surface area contributed by atoms with Crippen LogP contribution in [0.15, 0.2) is 24.3 Å². The van der Waals surface area contributed by atoms with E-state index in [1.54, 1.807) is 0 Å². The summed E-state index contributed by atoms with van der Waals surface area (Å²) in [5, 5.41) is 3.13. The van der Waals surface area contributed by atoms with Crippen LogP contribution in [0.3, 0.4) is 0 Å². The number of nitrogens with two attached hydrogens (primary N) is 1. The molecular formula is C14H18ClN5O. The molecule has 1 aromatic heterocycles. The van der Waals surface area contributed by atoms with Gasteiger partial charge in [0.15, 0.2) is 0 Å². The summed E-state index contributed by atoms with van der Waals surface area (Å²) < 4.78 is 5.70. The van der Waals surface area contributed by atoms with Crippen LogP contribution < -0.4 is 15.8 Å². The first-order valence-corrected chi connectivity index (χ1v) is 7.10. The number of hydrogen-bond acceptors (Lipinski definition) is 6. The van der Waals surface area contributed by atoms with Crippen LogP contribution in [-0.2, 0) is 6.42 Å². The minimum Gasteiger partial charge on any atom is -0.491 e. The first-order chi connectivity index (χ1) is 10.1. The molecule has 21 heavy (non-hydrogen) atoms. The Bertz CT molecular complexity index is 570. The lowest BCUT2D eigenvalue weighted by atomic mass is 10.2. The van der Waals surface area contributed by atoms with Gasteiger partial charge in [0.1, 0.15) is 12.4 Å². The van der Waals surface area contributed by atoms with Gasteiger partial charge in [-0.05, 0) is 42.6 Å². The van der Waals surface area contributed by atoms with Crippen molar-refractivity contribution >= 4 is 23.5 Å². The highest BCUT2D eigenvalue weighted by Crippen LogP contribution is 2.13. The fourth-order valence-electron chi connectivity index (χ4n) is 1.73. The fourth-order valence-corrected chi connectivity index (χ4v) is 1.90. The second-order valence-corrected chi connectivity index (χ2v) is 4.98. The Morgan fingerprint density at radius 2 is 1.95 bits per heavy atom. The summed E-state index contributed by atoms with van der Waals surface area (Å²) in [6.45, 7) is 4.54. The van der Waals surface area contributed by atoms with Crippen molar-refractivity contribution in [3.8, 4) is 5.75 Å². The first kappa shape index (κ1) is 15.3. The van der Waals surface area contributed by atoms with Crippen LogP contribution in [0.4, 0.5) is 11.9 Å². The maximum atomic E-state index is 5.72. The average molecular weight is 308 g/mol. The Kier molecular flexibility index (Phi) is 5.16. The highest BCUT2D eigenvalue weighted by molar-refractivity contribution is 6.28. The molecule has 6 nitrogen and oxygen atoms in total. The molecule has 1 unspecified atom stereocenters. The zero-order valence-corrected chi connectivity index (χ0v) is 12.8. The van der Waals surface area contributed by atoms with Crippen molar-refractivity contribution in [1.82, 2.24) is 15.0 Å². The molecule has 1 atom stereocenters. The maximum Gasteiger partial charge on any atom is 0.229 e. The quantitative estimate of drug-likeness (QED) is 0.853. The van der Waals surface area contributed by atoms with Gasteiger partial charge in [0, 0.05) is 0 Å². The van der Waals surface area contributed by atoms with Crippen molar-refractivity contribution in [2.75, 3.05) is 17.7 Å². The molecule has 7 heteroatoms. The third-order valence-electron chi connectivity index (χ3n) is 2.83. The van der Waals surface area contributed by atoms with E-state index in [9.17, 15) is 0 Å². The number of halogens is 1. The molecule has 0 saturated heterocycles. The van der Waals surface area contributed by atoms with Crippen LogP contribution in [0.1, 0.15) is 19.4 Å². The van der Waals surface area contributed by atoms with E-state index < -0.39 is 0 Å². The lowest BCUT2D eigenvalue weighted by Crippen LogP contribution is -2.25. The predicted molar refractivity (Wildman–Crippen MR) is 83.6 cm³/mol. The molecule has 2 rings (SSSR count). The Morgan fingerprint density at radius 1 is 1.24 bits per heavy atom. The van der Waals surface area contributed by atoms with Crippen molar-refractivity contribution < 1.29 is 4.74 Å². The van der Waals surface area contributed by atoms with E-state index in [0.717, 1.165) is 12.2 Å². The maximum absolute atomic E-state index is 5.72. The Hall–Kier alpha value is -2.08. The number of hydrogen-bond donors (Lipinski definition) is 2. The largest absolute Gasteiger partial charge is 0.491 e. The Morgan fingerprint density at radius 3 is 2.57 bits per heavy atom. The van der Waals surface area contributed by atoms with Crippen molar-refractivity contribution in [2.45, 2.75) is 26.3 Å². The van der Waals surface area contributed by atoms with Crippen molar-refractivity contribution in [1.29, 1.82) is 0 Å². The van der Waals surface area contributed by atoms with Gasteiger partial charge in [-0.1, -0.05) is 19.1 Å². The van der Waals surface area contributed by atoms with E-state index in [0.29, 0.717) is 12.6 Å². The molecule has 0 aliphatic heterocycles. The van der Waals surface area contributed by atoms with Gasteiger partial charge in [-0.25, -0.2) is 0 Å². The monoisotopic (exact) mass is 307 g/mol. The highest BCUT2D eigenvalue weighted by atomic mass is 35.5. The first-order valence-electron chi connectivity index (χ1n) is 6.72. The molecule has 0 aliphatic rings. The summed E-state index contributed by atoms with van der Waals surface area (Å²) in [7, 11) is 0. The standard InChI is InChI=1S/C14H18ClN5O/c1-3-10-4-6-11(7-5-10)21-8-9(2)17-14-19-12(15)18-13(16)20-14/h4-7,9H,3,8H2,1-2H3,(H3,16,17,18,19,20). The summed E-state index contributed by atoms with van der Waals surface area (Å²) in [4.78, 5) is 11.6. The molecule has 1 aromatic carbocycles. The number of benzene rings is 1. The van der Waals surface area contributed by atoms with Gasteiger partial charge in [-0.15, -0.1) is 0 Å². The summed E-state index contributed by atoms with van der Waals surface area (Å²) in [6.07, 6.45) is 1.01. The molecular weight excluding hydrogens is 290 g/mol. The van der Waals surface area contributed by atoms with Gasteiger partial charge in [0.05, 0.1) is 6.04 Å². The van der Waals surface area contributed by atoms with Crippen molar-refractivity contribution in [3.63, 3.8) is 0 Å². The SMILES string of the molecule is CCc1ccc(OCC(C)Nc2nc(N)nc(Cl)n2)cc1. The number of rotatable bonds is 6. The van der Waals surface area contributed by atoms with Crippen LogP contribution in [0, 0.1) is 0 Å².